The number of primary amides is 1. The van der Waals surface area contributed by atoms with Crippen molar-refractivity contribution in [3.05, 3.63) is 17.5 Å². The first-order chi connectivity index (χ1) is 10.9. The molecule has 1 aromatic heterocycles. The number of sulfone groups is 1. The Morgan fingerprint density at radius 2 is 1.92 bits per heavy atom. The fourth-order valence-electron chi connectivity index (χ4n) is 2.70. The Hall–Kier alpha value is -1.41. The third-order valence-corrected chi connectivity index (χ3v) is 7.63. The Balaban J connectivity index is 2.42. The Kier molecular flexibility index (Phi) is 4.85. The van der Waals surface area contributed by atoms with Gasteiger partial charge in [0.1, 0.15) is 10.5 Å². The van der Waals surface area contributed by atoms with Gasteiger partial charge in [-0.05, 0) is 20.3 Å². The highest BCUT2D eigenvalue weighted by Crippen LogP contribution is 2.37. The lowest BCUT2D eigenvalue weighted by Gasteiger charge is -2.34. The third kappa shape index (κ3) is 3.21. The summed E-state index contributed by atoms with van der Waals surface area (Å²) in [5.74, 6) is -0.668. The number of carbonyl (C=O) groups excluding carboxylic acids is 1. The van der Waals surface area contributed by atoms with E-state index >= 15 is 0 Å². The van der Waals surface area contributed by atoms with E-state index in [2.05, 4.69) is 5.16 Å². The summed E-state index contributed by atoms with van der Waals surface area (Å²) < 4.78 is 35.2. The van der Waals surface area contributed by atoms with E-state index in [4.69, 9.17) is 15.0 Å². The molecule has 2 unspecified atom stereocenters. The number of amides is 1. The van der Waals surface area contributed by atoms with Crippen molar-refractivity contribution in [3.8, 4) is 0 Å². The molecule has 0 radical (unpaired) electrons. The Morgan fingerprint density at radius 3 is 2.42 bits per heavy atom. The monoisotopic (exact) mass is 358 g/mol. The fraction of sp³-hybridized carbons (Fsp3) is 0.750. The lowest BCUT2D eigenvalue weighted by atomic mass is 9.91. The molecule has 0 spiro atoms. The topological polar surface area (TPSA) is 112 Å². The SMILES string of the molecule is CC(C)(C)c1cc(C2COCCC2S(=O)(=O)C(C)(C)C(N)=O)no1. The molecule has 8 heteroatoms. The lowest BCUT2D eigenvalue weighted by Crippen LogP contribution is -2.52. The summed E-state index contributed by atoms with van der Waals surface area (Å²) in [4.78, 5) is 11.7. The fourth-order valence-corrected chi connectivity index (χ4v) is 4.80. The van der Waals surface area contributed by atoms with Crippen LogP contribution in [0.2, 0.25) is 0 Å². The maximum atomic E-state index is 13.0. The van der Waals surface area contributed by atoms with Gasteiger partial charge in [0, 0.05) is 24.0 Å². The average molecular weight is 358 g/mol. The molecule has 0 aromatic carbocycles. The summed E-state index contributed by atoms with van der Waals surface area (Å²) in [6.07, 6.45) is 0.293. The summed E-state index contributed by atoms with van der Waals surface area (Å²) in [6, 6.07) is 1.78. The van der Waals surface area contributed by atoms with Crippen molar-refractivity contribution in [2.24, 2.45) is 5.73 Å². The number of rotatable bonds is 4. The van der Waals surface area contributed by atoms with E-state index in [1.54, 1.807) is 6.07 Å². The van der Waals surface area contributed by atoms with Crippen LogP contribution in [0.5, 0.6) is 0 Å². The van der Waals surface area contributed by atoms with Crippen molar-refractivity contribution >= 4 is 15.7 Å². The number of aromatic nitrogens is 1. The van der Waals surface area contributed by atoms with Crippen molar-refractivity contribution in [1.82, 2.24) is 5.16 Å². The second-order valence-corrected chi connectivity index (χ2v) is 10.5. The number of carbonyl (C=O) groups is 1. The molecule has 136 valence electrons. The standard InChI is InChI=1S/C16H26N2O5S/c1-15(2,3)13-8-11(18-23-13)10-9-22-7-6-12(10)24(20,21)16(4,5)14(17)19/h8,10,12H,6-7,9H2,1-5H3,(H2,17,19). The van der Waals surface area contributed by atoms with Crippen LogP contribution in [0.25, 0.3) is 0 Å². The predicted octanol–water partition coefficient (Wildman–Crippen LogP) is 1.52. The zero-order chi connectivity index (χ0) is 18.3. The molecular weight excluding hydrogens is 332 g/mol. The van der Waals surface area contributed by atoms with Gasteiger partial charge in [-0.1, -0.05) is 25.9 Å². The molecule has 1 aromatic rings. The van der Waals surface area contributed by atoms with Gasteiger partial charge in [0.2, 0.25) is 5.91 Å². The van der Waals surface area contributed by atoms with Gasteiger partial charge < -0.3 is 15.0 Å². The molecule has 1 amide bonds. The van der Waals surface area contributed by atoms with E-state index in [0.29, 0.717) is 24.5 Å². The molecule has 1 saturated heterocycles. The van der Waals surface area contributed by atoms with E-state index < -0.39 is 31.7 Å². The maximum absolute atomic E-state index is 13.0. The van der Waals surface area contributed by atoms with Gasteiger partial charge in [-0.15, -0.1) is 0 Å². The molecule has 0 aliphatic carbocycles. The first-order valence-electron chi connectivity index (χ1n) is 7.97. The number of nitrogens with two attached hydrogens (primary N) is 1. The molecule has 1 aliphatic rings. The zero-order valence-corrected chi connectivity index (χ0v) is 15.6. The molecule has 2 heterocycles. The van der Waals surface area contributed by atoms with Crippen LogP contribution in [0.1, 0.15) is 58.4 Å². The first kappa shape index (κ1) is 18.9. The molecule has 7 nitrogen and oxygen atoms in total. The second-order valence-electron chi connectivity index (χ2n) is 7.79. The maximum Gasteiger partial charge on any atom is 0.238 e. The summed E-state index contributed by atoms with van der Waals surface area (Å²) in [7, 11) is -3.82. The van der Waals surface area contributed by atoms with Gasteiger partial charge in [0.15, 0.2) is 9.84 Å². The van der Waals surface area contributed by atoms with E-state index in [1.807, 2.05) is 20.8 Å². The Morgan fingerprint density at radius 1 is 1.29 bits per heavy atom. The van der Waals surface area contributed by atoms with E-state index in [0.717, 1.165) is 0 Å². The molecule has 2 N–H and O–H groups in total. The molecule has 2 atom stereocenters. The van der Waals surface area contributed by atoms with Crippen LogP contribution < -0.4 is 5.73 Å². The lowest BCUT2D eigenvalue weighted by molar-refractivity contribution is -0.119. The van der Waals surface area contributed by atoms with Crippen LogP contribution in [0.15, 0.2) is 10.6 Å². The van der Waals surface area contributed by atoms with E-state index in [9.17, 15) is 13.2 Å². The van der Waals surface area contributed by atoms with E-state index in [-0.39, 0.29) is 12.0 Å². The van der Waals surface area contributed by atoms with Crippen LogP contribution in [0.4, 0.5) is 0 Å². The zero-order valence-electron chi connectivity index (χ0n) is 14.8. The highest BCUT2D eigenvalue weighted by molar-refractivity contribution is 7.94. The van der Waals surface area contributed by atoms with Crippen molar-refractivity contribution in [3.63, 3.8) is 0 Å². The predicted molar refractivity (Wildman–Crippen MR) is 89.4 cm³/mol. The van der Waals surface area contributed by atoms with Crippen molar-refractivity contribution in [2.75, 3.05) is 13.2 Å². The van der Waals surface area contributed by atoms with E-state index in [1.165, 1.54) is 13.8 Å². The number of nitrogens with zero attached hydrogens (tertiary/aromatic N) is 1. The average Bonchev–Trinajstić information content (AvgIpc) is 2.96. The minimum atomic E-state index is -3.82. The van der Waals surface area contributed by atoms with Gasteiger partial charge >= 0.3 is 0 Å². The summed E-state index contributed by atoms with van der Waals surface area (Å²) in [5, 5.41) is 3.28. The molecular formula is C16H26N2O5S. The van der Waals surface area contributed by atoms with Crippen molar-refractivity contribution < 1.29 is 22.5 Å². The molecule has 2 rings (SSSR count). The first-order valence-corrected chi connectivity index (χ1v) is 9.52. The normalized spacial score (nSPS) is 23.2. The van der Waals surface area contributed by atoms with Gasteiger partial charge in [-0.2, -0.15) is 0 Å². The molecule has 24 heavy (non-hydrogen) atoms. The molecule has 0 bridgehead atoms. The van der Waals surface area contributed by atoms with Crippen LogP contribution in [0.3, 0.4) is 0 Å². The molecule has 1 aliphatic heterocycles. The van der Waals surface area contributed by atoms with Crippen LogP contribution in [-0.2, 0) is 24.8 Å². The summed E-state index contributed by atoms with van der Waals surface area (Å²) >= 11 is 0. The third-order valence-electron chi connectivity index (χ3n) is 4.64. The summed E-state index contributed by atoms with van der Waals surface area (Å²) in [6.45, 7) is 9.19. The minimum absolute atomic E-state index is 0.217. The van der Waals surface area contributed by atoms with Crippen LogP contribution in [-0.4, -0.2) is 42.7 Å². The molecule has 0 saturated carbocycles. The Labute approximate surface area is 142 Å². The van der Waals surface area contributed by atoms with Gasteiger partial charge in [0.05, 0.1) is 17.6 Å². The van der Waals surface area contributed by atoms with Crippen molar-refractivity contribution in [1.29, 1.82) is 0 Å². The quantitative estimate of drug-likeness (QED) is 0.873. The summed E-state index contributed by atoms with van der Waals surface area (Å²) in [5.41, 5.74) is 5.63. The van der Waals surface area contributed by atoms with Gasteiger partial charge in [-0.25, -0.2) is 8.42 Å². The van der Waals surface area contributed by atoms with Gasteiger partial charge in [0.25, 0.3) is 0 Å². The second kappa shape index (κ2) is 6.15. The van der Waals surface area contributed by atoms with Crippen LogP contribution in [0, 0.1) is 0 Å². The van der Waals surface area contributed by atoms with Crippen LogP contribution >= 0.6 is 0 Å². The largest absolute Gasteiger partial charge is 0.381 e. The van der Waals surface area contributed by atoms with Gasteiger partial charge in [-0.3, -0.25) is 4.79 Å². The minimum Gasteiger partial charge on any atom is -0.381 e. The highest BCUT2D eigenvalue weighted by atomic mass is 32.2. The number of ether oxygens (including phenoxy) is 1. The highest BCUT2D eigenvalue weighted by Gasteiger charge is 2.49. The smallest absolute Gasteiger partial charge is 0.238 e. The number of hydrogen-bond donors (Lipinski definition) is 1. The Bertz CT molecular complexity index is 715. The number of hydrogen-bond acceptors (Lipinski definition) is 6. The molecule has 1 fully saturated rings. The van der Waals surface area contributed by atoms with Crippen molar-refractivity contribution in [2.45, 2.75) is 62.4 Å².